The van der Waals surface area contributed by atoms with E-state index in [-0.39, 0.29) is 12.0 Å². The minimum atomic E-state index is 0.0634. The molecule has 4 nitrogen and oxygen atoms in total. The van der Waals surface area contributed by atoms with Crippen molar-refractivity contribution in [3.8, 4) is 5.88 Å². The molecule has 3 rings (SSSR count). The molecule has 0 saturated carbocycles. The van der Waals surface area contributed by atoms with Crippen molar-refractivity contribution in [1.82, 2.24) is 9.88 Å². The van der Waals surface area contributed by atoms with Gasteiger partial charge in [-0.3, -0.25) is 4.79 Å². The summed E-state index contributed by atoms with van der Waals surface area (Å²) >= 11 is 7.74. The summed E-state index contributed by atoms with van der Waals surface area (Å²) in [7, 11) is 0. The van der Waals surface area contributed by atoms with Gasteiger partial charge in [0.05, 0.1) is 5.75 Å². The zero-order valence-corrected chi connectivity index (χ0v) is 15.5. The molecule has 1 saturated heterocycles. The number of likely N-dealkylation sites (tertiary alicyclic amines) is 1. The van der Waals surface area contributed by atoms with Crippen LogP contribution in [0.15, 0.2) is 48.7 Å². The summed E-state index contributed by atoms with van der Waals surface area (Å²) in [6.45, 7) is 1.44. The van der Waals surface area contributed by atoms with Crippen LogP contribution in [0.1, 0.15) is 18.4 Å². The molecule has 1 aliphatic rings. The molecular formula is C19H21ClN2O2S. The summed E-state index contributed by atoms with van der Waals surface area (Å²) in [5.74, 6) is 2.07. The maximum Gasteiger partial charge on any atom is 0.232 e. The van der Waals surface area contributed by atoms with Crippen molar-refractivity contribution < 1.29 is 9.53 Å². The molecular weight excluding hydrogens is 356 g/mol. The van der Waals surface area contributed by atoms with Crippen LogP contribution in [0, 0.1) is 0 Å². The predicted molar refractivity (Wildman–Crippen MR) is 102 cm³/mol. The Balaban J connectivity index is 1.39. The van der Waals surface area contributed by atoms with Crippen molar-refractivity contribution in [2.45, 2.75) is 24.7 Å². The first-order valence-corrected chi connectivity index (χ1v) is 9.92. The third kappa shape index (κ3) is 5.38. The molecule has 0 aliphatic carbocycles. The lowest BCUT2D eigenvalue weighted by Gasteiger charge is -2.32. The fraction of sp³-hybridized carbons (Fsp3) is 0.368. The van der Waals surface area contributed by atoms with Crippen molar-refractivity contribution in [1.29, 1.82) is 0 Å². The van der Waals surface area contributed by atoms with E-state index in [0.717, 1.165) is 31.7 Å². The zero-order valence-electron chi connectivity index (χ0n) is 13.9. The molecule has 6 heteroatoms. The van der Waals surface area contributed by atoms with Gasteiger partial charge in [0.1, 0.15) is 11.1 Å². The van der Waals surface area contributed by atoms with Gasteiger partial charge in [-0.05, 0) is 17.7 Å². The van der Waals surface area contributed by atoms with Gasteiger partial charge in [-0.1, -0.05) is 41.9 Å². The first-order chi connectivity index (χ1) is 12.2. The number of pyridine rings is 1. The van der Waals surface area contributed by atoms with Crippen LogP contribution >= 0.6 is 23.4 Å². The van der Waals surface area contributed by atoms with Crippen molar-refractivity contribution in [2.75, 3.05) is 18.8 Å². The topological polar surface area (TPSA) is 42.4 Å². The van der Waals surface area contributed by atoms with Crippen molar-refractivity contribution in [2.24, 2.45) is 0 Å². The molecule has 0 radical (unpaired) electrons. The number of halogens is 1. The highest BCUT2D eigenvalue weighted by atomic mass is 35.5. The van der Waals surface area contributed by atoms with Crippen molar-refractivity contribution >= 4 is 29.3 Å². The smallest absolute Gasteiger partial charge is 0.232 e. The molecule has 0 spiro atoms. The molecule has 0 bridgehead atoms. The molecule has 132 valence electrons. The third-order valence-corrected chi connectivity index (χ3v) is 5.41. The monoisotopic (exact) mass is 376 g/mol. The van der Waals surface area contributed by atoms with Crippen LogP contribution in [0.3, 0.4) is 0 Å². The maximum absolute atomic E-state index is 12.3. The number of thioether (sulfide) groups is 1. The van der Waals surface area contributed by atoms with E-state index in [0.29, 0.717) is 16.7 Å². The Kier molecular flexibility index (Phi) is 6.59. The van der Waals surface area contributed by atoms with E-state index in [2.05, 4.69) is 17.1 Å². The minimum Gasteiger partial charge on any atom is -0.473 e. The Bertz CT molecular complexity index is 691. The lowest BCUT2D eigenvalue weighted by atomic mass is 10.1. The second-order valence-corrected chi connectivity index (χ2v) is 7.36. The average molecular weight is 377 g/mol. The van der Waals surface area contributed by atoms with Gasteiger partial charge in [0.2, 0.25) is 11.8 Å². The number of hydrogen-bond acceptors (Lipinski definition) is 4. The molecule has 1 amide bonds. The number of aromatic nitrogens is 1. The Labute approximate surface area is 157 Å². The van der Waals surface area contributed by atoms with Crippen LogP contribution in [-0.4, -0.2) is 40.7 Å². The van der Waals surface area contributed by atoms with Gasteiger partial charge >= 0.3 is 0 Å². The fourth-order valence-corrected chi connectivity index (χ4v) is 3.81. The quantitative estimate of drug-likeness (QED) is 0.763. The highest BCUT2D eigenvalue weighted by molar-refractivity contribution is 7.99. The Morgan fingerprint density at radius 3 is 2.68 bits per heavy atom. The lowest BCUT2D eigenvalue weighted by molar-refractivity contribution is -0.130. The highest BCUT2D eigenvalue weighted by Gasteiger charge is 2.24. The molecule has 0 atom stereocenters. The van der Waals surface area contributed by atoms with E-state index >= 15 is 0 Å². The van der Waals surface area contributed by atoms with E-state index in [1.54, 1.807) is 30.1 Å². The molecule has 2 aromatic rings. The number of benzene rings is 1. The second-order valence-electron chi connectivity index (χ2n) is 5.97. The van der Waals surface area contributed by atoms with Gasteiger partial charge in [-0.15, -0.1) is 11.8 Å². The van der Waals surface area contributed by atoms with E-state index in [9.17, 15) is 4.79 Å². The molecule has 1 aromatic carbocycles. The van der Waals surface area contributed by atoms with Crippen LogP contribution in [-0.2, 0) is 10.5 Å². The summed E-state index contributed by atoms with van der Waals surface area (Å²) < 4.78 is 5.87. The summed E-state index contributed by atoms with van der Waals surface area (Å²) in [5, 5.41) is 0.526. The normalized spacial score (nSPS) is 15.2. The lowest BCUT2D eigenvalue weighted by Crippen LogP contribution is -2.42. The average Bonchev–Trinajstić information content (AvgIpc) is 2.65. The van der Waals surface area contributed by atoms with Crippen LogP contribution < -0.4 is 4.74 Å². The Hall–Kier alpha value is -1.72. The standard InChI is InChI=1S/C19H21ClN2O2S/c20-17-7-4-10-21-19(17)24-16-8-11-22(12-9-16)18(23)14-25-13-15-5-2-1-3-6-15/h1-7,10,16H,8-9,11-14H2. The van der Waals surface area contributed by atoms with Crippen molar-refractivity contribution in [3.63, 3.8) is 0 Å². The zero-order chi connectivity index (χ0) is 17.5. The largest absolute Gasteiger partial charge is 0.473 e. The Morgan fingerprint density at radius 2 is 1.96 bits per heavy atom. The number of carbonyl (C=O) groups excluding carboxylic acids is 1. The maximum atomic E-state index is 12.3. The number of ether oxygens (including phenoxy) is 1. The van der Waals surface area contributed by atoms with Gasteiger partial charge in [0.15, 0.2) is 0 Å². The summed E-state index contributed by atoms with van der Waals surface area (Å²) in [6.07, 6.45) is 3.35. The molecule has 25 heavy (non-hydrogen) atoms. The fourth-order valence-electron chi connectivity index (χ4n) is 2.76. The first-order valence-electron chi connectivity index (χ1n) is 8.39. The second kappa shape index (κ2) is 9.11. The van der Waals surface area contributed by atoms with E-state index < -0.39 is 0 Å². The number of nitrogens with zero attached hydrogens (tertiary/aromatic N) is 2. The molecule has 2 heterocycles. The van der Waals surface area contributed by atoms with Crippen LogP contribution in [0.5, 0.6) is 5.88 Å². The highest BCUT2D eigenvalue weighted by Crippen LogP contribution is 2.24. The van der Waals surface area contributed by atoms with Gasteiger partial charge in [0, 0.05) is 37.9 Å². The van der Waals surface area contributed by atoms with Crippen LogP contribution in [0.25, 0.3) is 0 Å². The van der Waals surface area contributed by atoms with E-state index in [1.807, 2.05) is 23.1 Å². The first kappa shape index (κ1) is 18.1. The third-order valence-electron chi connectivity index (χ3n) is 4.13. The number of rotatable bonds is 6. The Morgan fingerprint density at radius 1 is 1.20 bits per heavy atom. The van der Waals surface area contributed by atoms with E-state index in [4.69, 9.17) is 16.3 Å². The summed E-state index contributed by atoms with van der Waals surface area (Å²) in [5.41, 5.74) is 1.25. The molecule has 1 aromatic heterocycles. The number of piperidine rings is 1. The number of hydrogen-bond donors (Lipinski definition) is 0. The molecule has 0 N–H and O–H groups in total. The molecule has 1 fully saturated rings. The minimum absolute atomic E-state index is 0.0634. The SMILES string of the molecule is O=C(CSCc1ccccc1)N1CCC(Oc2ncccc2Cl)CC1. The number of carbonyl (C=O) groups is 1. The summed E-state index contributed by atoms with van der Waals surface area (Å²) in [6, 6.07) is 13.8. The van der Waals surface area contributed by atoms with Gasteiger partial charge < -0.3 is 9.64 Å². The van der Waals surface area contributed by atoms with Gasteiger partial charge in [0.25, 0.3) is 0 Å². The number of amides is 1. The van der Waals surface area contributed by atoms with Crippen molar-refractivity contribution in [3.05, 3.63) is 59.2 Å². The van der Waals surface area contributed by atoms with E-state index in [1.165, 1.54) is 5.56 Å². The van der Waals surface area contributed by atoms with Crippen LogP contribution in [0.4, 0.5) is 0 Å². The summed E-state index contributed by atoms with van der Waals surface area (Å²) in [4.78, 5) is 18.4. The van der Waals surface area contributed by atoms with Gasteiger partial charge in [-0.25, -0.2) is 4.98 Å². The van der Waals surface area contributed by atoms with Crippen LogP contribution in [0.2, 0.25) is 5.02 Å². The molecule has 0 unspecified atom stereocenters. The predicted octanol–water partition coefficient (Wildman–Crippen LogP) is 4.04. The van der Waals surface area contributed by atoms with Gasteiger partial charge in [-0.2, -0.15) is 0 Å². The molecule has 1 aliphatic heterocycles.